The lowest BCUT2D eigenvalue weighted by Crippen LogP contribution is -1.95. The first kappa shape index (κ1) is 15.4. The van der Waals surface area contributed by atoms with Crippen LogP contribution < -0.4 is 0 Å². The number of carboxylic acid groups (broad SMARTS) is 1. The highest BCUT2D eigenvalue weighted by atomic mass is 32.1. The minimum atomic E-state index is -0.916. The molecule has 3 nitrogen and oxygen atoms in total. The van der Waals surface area contributed by atoms with E-state index in [0.717, 1.165) is 21.0 Å². The van der Waals surface area contributed by atoms with E-state index in [0.29, 0.717) is 11.5 Å². The third kappa shape index (κ3) is 3.32. The fourth-order valence-corrected chi connectivity index (χ4v) is 3.27. The molecule has 0 fully saturated rings. The molecule has 0 aliphatic rings. The predicted molar refractivity (Wildman–Crippen MR) is 94.0 cm³/mol. The van der Waals surface area contributed by atoms with Crippen LogP contribution in [-0.2, 0) is 0 Å². The van der Waals surface area contributed by atoms with Crippen molar-refractivity contribution in [3.05, 3.63) is 65.9 Å². The number of hydrogen-bond acceptors (Lipinski definition) is 3. The van der Waals surface area contributed by atoms with Gasteiger partial charge in [-0.05, 0) is 29.2 Å². The molecule has 0 aliphatic carbocycles. The smallest absolute Gasteiger partial charge is 0.335 e. The molecule has 23 heavy (non-hydrogen) atoms. The molecule has 2 aromatic carbocycles. The number of nitrogens with zero attached hydrogens (tertiary/aromatic N) is 1. The van der Waals surface area contributed by atoms with Crippen molar-refractivity contribution in [3.63, 3.8) is 0 Å². The van der Waals surface area contributed by atoms with Gasteiger partial charge in [-0.3, -0.25) is 0 Å². The number of carbonyl (C=O) groups is 1. The molecule has 116 valence electrons. The number of rotatable bonds is 4. The highest BCUT2D eigenvalue weighted by Crippen LogP contribution is 2.33. The zero-order valence-corrected chi connectivity index (χ0v) is 13.8. The Hall–Kier alpha value is -2.46. The second kappa shape index (κ2) is 6.34. The maximum Gasteiger partial charge on any atom is 0.335 e. The van der Waals surface area contributed by atoms with E-state index in [2.05, 4.69) is 43.1 Å². The Balaban J connectivity index is 1.91. The molecular weight excluding hydrogens is 306 g/mol. The lowest BCUT2D eigenvalue weighted by Gasteiger charge is -2.05. The van der Waals surface area contributed by atoms with E-state index in [1.807, 2.05) is 6.07 Å². The average Bonchev–Trinajstić information content (AvgIpc) is 3.05. The van der Waals surface area contributed by atoms with Gasteiger partial charge in [-0.1, -0.05) is 50.2 Å². The number of carboxylic acids is 1. The van der Waals surface area contributed by atoms with Gasteiger partial charge in [-0.15, -0.1) is 11.3 Å². The molecule has 0 aliphatic heterocycles. The van der Waals surface area contributed by atoms with Crippen LogP contribution in [0.1, 0.15) is 35.7 Å². The van der Waals surface area contributed by atoms with Gasteiger partial charge >= 0.3 is 5.97 Å². The SMILES string of the molecule is CC(C)c1ccc(-c2ncc(-c3cccc(C(=O)O)c3)s2)cc1. The summed E-state index contributed by atoms with van der Waals surface area (Å²) in [4.78, 5) is 16.5. The Bertz CT molecular complexity index is 835. The highest BCUT2D eigenvalue weighted by Gasteiger charge is 2.09. The van der Waals surface area contributed by atoms with Gasteiger partial charge in [0.15, 0.2) is 0 Å². The van der Waals surface area contributed by atoms with Crippen molar-refractivity contribution in [2.45, 2.75) is 19.8 Å². The Morgan fingerprint density at radius 3 is 2.48 bits per heavy atom. The summed E-state index contributed by atoms with van der Waals surface area (Å²) in [6.45, 7) is 4.35. The lowest BCUT2D eigenvalue weighted by atomic mass is 10.0. The van der Waals surface area contributed by atoms with Gasteiger partial charge in [0.05, 0.1) is 10.4 Å². The van der Waals surface area contributed by atoms with Crippen molar-refractivity contribution in [2.24, 2.45) is 0 Å². The molecule has 1 N–H and O–H groups in total. The van der Waals surface area contributed by atoms with Crippen LogP contribution in [-0.4, -0.2) is 16.1 Å². The minimum Gasteiger partial charge on any atom is -0.478 e. The Kier molecular flexibility index (Phi) is 4.26. The normalized spacial score (nSPS) is 10.9. The molecule has 3 aromatic rings. The second-order valence-electron chi connectivity index (χ2n) is 5.69. The van der Waals surface area contributed by atoms with Crippen molar-refractivity contribution in [1.29, 1.82) is 0 Å². The van der Waals surface area contributed by atoms with Crippen molar-refractivity contribution in [2.75, 3.05) is 0 Å². The molecule has 1 aromatic heterocycles. The van der Waals surface area contributed by atoms with Gasteiger partial charge in [0, 0.05) is 11.8 Å². The summed E-state index contributed by atoms with van der Waals surface area (Å²) in [6, 6.07) is 15.4. The molecule has 0 atom stereocenters. The summed E-state index contributed by atoms with van der Waals surface area (Å²) < 4.78 is 0. The molecule has 0 amide bonds. The van der Waals surface area contributed by atoms with Crippen molar-refractivity contribution < 1.29 is 9.90 Å². The van der Waals surface area contributed by atoms with Gasteiger partial charge in [0.1, 0.15) is 5.01 Å². The zero-order chi connectivity index (χ0) is 16.4. The standard InChI is InChI=1S/C19H17NO2S/c1-12(2)13-6-8-14(9-7-13)18-20-11-17(23-18)15-4-3-5-16(10-15)19(21)22/h3-12H,1-2H3,(H,21,22). The fraction of sp³-hybridized carbons (Fsp3) is 0.158. The number of aromatic carboxylic acids is 1. The largest absolute Gasteiger partial charge is 0.478 e. The van der Waals surface area contributed by atoms with Gasteiger partial charge < -0.3 is 5.11 Å². The summed E-state index contributed by atoms with van der Waals surface area (Å²) >= 11 is 1.57. The maximum atomic E-state index is 11.1. The number of aromatic nitrogens is 1. The van der Waals surface area contributed by atoms with Crippen molar-refractivity contribution >= 4 is 17.3 Å². The monoisotopic (exact) mass is 323 g/mol. The van der Waals surface area contributed by atoms with E-state index >= 15 is 0 Å². The number of benzene rings is 2. The number of hydrogen-bond donors (Lipinski definition) is 1. The molecular formula is C19H17NO2S. The molecule has 0 spiro atoms. The van der Waals surface area contributed by atoms with Crippen LogP contribution in [0.4, 0.5) is 0 Å². The van der Waals surface area contributed by atoms with Crippen LogP contribution >= 0.6 is 11.3 Å². The zero-order valence-electron chi connectivity index (χ0n) is 13.0. The topological polar surface area (TPSA) is 50.2 Å². The van der Waals surface area contributed by atoms with Gasteiger partial charge in [0.2, 0.25) is 0 Å². The average molecular weight is 323 g/mol. The third-order valence-electron chi connectivity index (χ3n) is 3.72. The fourth-order valence-electron chi connectivity index (χ4n) is 2.36. The maximum absolute atomic E-state index is 11.1. The molecule has 0 radical (unpaired) electrons. The summed E-state index contributed by atoms with van der Waals surface area (Å²) in [7, 11) is 0. The van der Waals surface area contributed by atoms with Crippen LogP contribution in [0.25, 0.3) is 21.0 Å². The second-order valence-corrected chi connectivity index (χ2v) is 6.72. The first-order chi connectivity index (χ1) is 11.0. The molecule has 4 heteroatoms. The van der Waals surface area contributed by atoms with E-state index in [1.165, 1.54) is 5.56 Å². The van der Waals surface area contributed by atoms with E-state index < -0.39 is 5.97 Å². The quantitative estimate of drug-likeness (QED) is 0.709. The van der Waals surface area contributed by atoms with E-state index in [4.69, 9.17) is 5.11 Å². The van der Waals surface area contributed by atoms with E-state index in [-0.39, 0.29) is 0 Å². The molecule has 0 bridgehead atoms. The highest BCUT2D eigenvalue weighted by molar-refractivity contribution is 7.18. The molecule has 3 rings (SSSR count). The Morgan fingerprint density at radius 1 is 1.09 bits per heavy atom. The molecule has 0 saturated carbocycles. The minimum absolute atomic E-state index is 0.290. The lowest BCUT2D eigenvalue weighted by molar-refractivity contribution is 0.0697. The van der Waals surface area contributed by atoms with Gasteiger partial charge in [0.25, 0.3) is 0 Å². The van der Waals surface area contributed by atoms with E-state index in [9.17, 15) is 4.79 Å². The molecule has 0 saturated heterocycles. The van der Waals surface area contributed by atoms with Crippen molar-refractivity contribution in [3.8, 4) is 21.0 Å². The summed E-state index contributed by atoms with van der Waals surface area (Å²) in [5.41, 5.74) is 3.56. The van der Waals surface area contributed by atoms with Crippen LogP contribution in [0.5, 0.6) is 0 Å². The van der Waals surface area contributed by atoms with Crippen LogP contribution in [0.15, 0.2) is 54.7 Å². The van der Waals surface area contributed by atoms with Gasteiger partial charge in [-0.25, -0.2) is 9.78 Å². The predicted octanol–water partition coefficient (Wildman–Crippen LogP) is 5.30. The van der Waals surface area contributed by atoms with Gasteiger partial charge in [-0.2, -0.15) is 0 Å². The first-order valence-corrected chi connectivity index (χ1v) is 8.26. The van der Waals surface area contributed by atoms with Crippen LogP contribution in [0.3, 0.4) is 0 Å². The Morgan fingerprint density at radius 2 is 1.83 bits per heavy atom. The van der Waals surface area contributed by atoms with Crippen molar-refractivity contribution in [1.82, 2.24) is 4.98 Å². The van der Waals surface area contributed by atoms with E-state index in [1.54, 1.807) is 35.7 Å². The Labute approximate surface area is 139 Å². The third-order valence-corrected chi connectivity index (χ3v) is 4.82. The molecule has 0 unspecified atom stereocenters. The van der Waals surface area contributed by atoms with Crippen LogP contribution in [0, 0.1) is 0 Å². The summed E-state index contributed by atoms with van der Waals surface area (Å²) in [6.07, 6.45) is 1.80. The summed E-state index contributed by atoms with van der Waals surface area (Å²) in [5, 5.41) is 10.0. The summed E-state index contributed by atoms with van der Waals surface area (Å²) in [5.74, 6) is -0.407. The molecule has 1 heterocycles. The number of thiazole rings is 1. The first-order valence-electron chi connectivity index (χ1n) is 7.44. The van der Waals surface area contributed by atoms with Crippen LogP contribution in [0.2, 0.25) is 0 Å².